The Morgan fingerprint density at radius 2 is 1.52 bits per heavy atom. The Labute approximate surface area is 132 Å². The van der Waals surface area contributed by atoms with E-state index < -0.39 is 5.23 Å². The van der Waals surface area contributed by atoms with Crippen molar-refractivity contribution in [3.8, 4) is 0 Å². The van der Waals surface area contributed by atoms with Crippen molar-refractivity contribution in [3.63, 3.8) is 0 Å². The van der Waals surface area contributed by atoms with Crippen LogP contribution >= 0.6 is 0 Å². The molecule has 2 rings (SSSR count). The average molecular weight is 314 g/mol. The number of anilines is 3. The summed E-state index contributed by atoms with van der Waals surface area (Å²) in [7, 11) is 0. The van der Waals surface area contributed by atoms with Gasteiger partial charge in [-0.3, -0.25) is 15.4 Å². The summed E-state index contributed by atoms with van der Waals surface area (Å²) in [4.78, 5) is 4.13. The summed E-state index contributed by atoms with van der Waals surface area (Å²) in [5.41, 5.74) is 1.64. The Hall–Kier alpha value is -2.91. The van der Waals surface area contributed by atoms with Crippen LogP contribution in [0.25, 0.3) is 0 Å². The molecular formula is C15H14N4O4-2. The zero-order valence-electron chi connectivity index (χ0n) is 11.9. The normalized spacial score (nSPS) is 11.1. The molecule has 8 nitrogen and oxygen atoms in total. The minimum atomic E-state index is -0.463. The summed E-state index contributed by atoms with van der Waals surface area (Å²) in [5.74, 6) is 0. The largest absolute Gasteiger partial charge is 0.769 e. The van der Waals surface area contributed by atoms with E-state index in [1.54, 1.807) is 42.8 Å². The Morgan fingerprint density at radius 3 is 2.09 bits per heavy atom. The predicted molar refractivity (Wildman–Crippen MR) is 89.1 cm³/mol. The smallest absolute Gasteiger partial charge is 0.0944 e. The molecule has 0 fully saturated rings. The van der Waals surface area contributed by atoms with Gasteiger partial charge in [-0.05, 0) is 54.6 Å². The number of benzene rings is 2. The quantitative estimate of drug-likeness (QED) is 0.552. The summed E-state index contributed by atoms with van der Waals surface area (Å²) in [6.07, 6.45) is 4.87. The van der Waals surface area contributed by atoms with Gasteiger partial charge in [-0.25, -0.2) is 0 Å². The predicted octanol–water partition coefficient (Wildman–Crippen LogP) is 3.40. The number of allylic oxidation sites excluding steroid dienone is 1. The van der Waals surface area contributed by atoms with Crippen LogP contribution in [0.15, 0.2) is 65.8 Å². The van der Waals surface area contributed by atoms with Gasteiger partial charge in [-0.1, -0.05) is 0 Å². The van der Waals surface area contributed by atoms with Crippen LogP contribution in [0.3, 0.4) is 0 Å². The Bertz CT molecular complexity index is 667. The van der Waals surface area contributed by atoms with Crippen LogP contribution in [0, 0.1) is 10.4 Å². The molecule has 0 aromatic heterocycles. The van der Waals surface area contributed by atoms with E-state index >= 15 is 0 Å². The number of aliphatic imine (C=N–C) groups is 1. The molecule has 120 valence electrons. The molecule has 0 saturated heterocycles. The van der Waals surface area contributed by atoms with Crippen LogP contribution < -0.4 is 15.8 Å². The van der Waals surface area contributed by atoms with E-state index in [9.17, 15) is 10.4 Å². The topological polar surface area (TPSA) is 117 Å². The van der Waals surface area contributed by atoms with E-state index in [1.807, 2.05) is 0 Å². The number of hydrogen-bond acceptors (Lipinski definition) is 8. The number of nitrogens with one attached hydrogen (secondary N) is 1. The van der Waals surface area contributed by atoms with Crippen molar-refractivity contribution in [2.24, 2.45) is 4.99 Å². The highest BCUT2D eigenvalue weighted by Crippen LogP contribution is 2.18. The third kappa shape index (κ3) is 5.09. The van der Waals surface area contributed by atoms with Crippen molar-refractivity contribution in [1.29, 1.82) is 0 Å². The SMILES string of the molecule is [O-]N([O-])c1ccc(N=CC=CNc2ccc(N(O)O)cc2)cc1. The van der Waals surface area contributed by atoms with Crippen molar-refractivity contribution in [2.45, 2.75) is 0 Å². The molecule has 0 spiro atoms. The lowest BCUT2D eigenvalue weighted by molar-refractivity contribution is 0.0292. The molecule has 2 aromatic rings. The van der Waals surface area contributed by atoms with Gasteiger partial charge in [0.05, 0.1) is 11.4 Å². The molecule has 0 unspecified atom stereocenters. The number of rotatable bonds is 6. The van der Waals surface area contributed by atoms with Crippen molar-refractivity contribution in [2.75, 3.05) is 15.8 Å². The fourth-order valence-electron chi connectivity index (χ4n) is 1.67. The molecule has 0 aliphatic rings. The number of nitrogens with zero attached hydrogens (tertiary/aromatic N) is 3. The highest BCUT2D eigenvalue weighted by Gasteiger charge is 1.97. The first-order valence-electron chi connectivity index (χ1n) is 6.54. The Kier molecular flexibility index (Phi) is 5.67. The molecular weight excluding hydrogens is 300 g/mol. The second kappa shape index (κ2) is 7.92. The average Bonchev–Trinajstić information content (AvgIpc) is 2.55. The maximum Gasteiger partial charge on any atom is 0.0944 e. The molecule has 0 saturated carbocycles. The zero-order valence-corrected chi connectivity index (χ0v) is 11.9. The van der Waals surface area contributed by atoms with Crippen molar-refractivity contribution < 1.29 is 10.4 Å². The van der Waals surface area contributed by atoms with Crippen LogP contribution in [0.4, 0.5) is 22.7 Å². The van der Waals surface area contributed by atoms with Gasteiger partial charge in [0.2, 0.25) is 0 Å². The van der Waals surface area contributed by atoms with Crippen LogP contribution in [-0.4, -0.2) is 16.6 Å². The van der Waals surface area contributed by atoms with E-state index in [0.717, 1.165) is 5.69 Å². The third-order valence-electron chi connectivity index (χ3n) is 2.81. The van der Waals surface area contributed by atoms with Gasteiger partial charge < -0.3 is 21.0 Å². The van der Waals surface area contributed by atoms with Crippen molar-refractivity contribution in [1.82, 2.24) is 0 Å². The summed E-state index contributed by atoms with van der Waals surface area (Å²) < 4.78 is 0. The highest BCUT2D eigenvalue weighted by molar-refractivity contribution is 5.75. The summed E-state index contributed by atoms with van der Waals surface area (Å²) in [6.45, 7) is 0. The lowest BCUT2D eigenvalue weighted by atomic mass is 10.3. The summed E-state index contributed by atoms with van der Waals surface area (Å²) in [5, 5.41) is 41.2. The van der Waals surface area contributed by atoms with E-state index in [-0.39, 0.29) is 16.6 Å². The minimum absolute atomic E-state index is 0.0222. The van der Waals surface area contributed by atoms with Crippen LogP contribution in [-0.2, 0) is 0 Å². The highest BCUT2D eigenvalue weighted by atomic mass is 16.8. The van der Waals surface area contributed by atoms with Crippen molar-refractivity contribution >= 4 is 29.0 Å². The molecule has 3 N–H and O–H groups in total. The van der Waals surface area contributed by atoms with Gasteiger partial charge in [0.25, 0.3) is 0 Å². The third-order valence-corrected chi connectivity index (χ3v) is 2.81. The first kappa shape index (κ1) is 16.5. The first-order chi connectivity index (χ1) is 11.1. The van der Waals surface area contributed by atoms with Gasteiger partial charge in [0, 0.05) is 23.8 Å². The first-order valence-corrected chi connectivity index (χ1v) is 6.54. The van der Waals surface area contributed by atoms with E-state index in [1.165, 1.54) is 24.3 Å². The molecule has 23 heavy (non-hydrogen) atoms. The van der Waals surface area contributed by atoms with Crippen LogP contribution in [0.2, 0.25) is 0 Å². The number of hydrogen-bond donors (Lipinski definition) is 3. The molecule has 8 heteroatoms. The second-order valence-corrected chi connectivity index (χ2v) is 4.39. The Balaban J connectivity index is 1.86. The van der Waals surface area contributed by atoms with E-state index in [2.05, 4.69) is 10.3 Å². The molecule has 0 heterocycles. The maximum atomic E-state index is 10.5. The monoisotopic (exact) mass is 314 g/mol. The molecule has 0 aliphatic heterocycles. The van der Waals surface area contributed by atoms with Gasteiger partial charge in [0.1, 0.15) is 0 Å². The van der Waals surface area contributed by atoms with Crippen LogP contribution in [0.5, 0.6) is 0 Å². The van der Waals surface area contributed by atoms with Gasteiger partial charge in [0.15, 0.2) is 0 Å². The molecule has 0 radical (unpaired) electrons. The Morgan fingerprint density at radius 1 is 0.913 bits per heavy atom. The van der Waals surface area contributed by atoms with E-state index in [0.29, 0.717) is 5.69 Å². The summed E-state index contributed by atoms with van der Waals surface area (Å²) in [6, 6.07) is 12.3. The molecule has 2 aromatic carbocycles. The molecule has 0 atom stereocenters. The molecule has 0 bridgehead atoms. The van der Waals surface area contributed by atoms with Gasteiger partial charge in [-0.15, -0.1) is 5.23 Å². The van der Waals surface area contributed by atoms with Gasteiger partial charge >= 0.3 is 0 Å². The lowest BCUT2D eigenvalue weighted by Gasteiger charge is -2.37. The lowest BCUT2D eigenvalue weighted by Crippen LogP contribution is -2.10. The maximum absolute atomic E-state index is 10.5. The fourth-order valence-corrected chi connectivity index (χ4v) is 1.67. The fraction of sp³-hybridized carbons (Fsp3) is 0. The molecule has 0 aliphatic carbocycles. The van der Waals surface area contributed by atoms with Gasteiger partial charge in [-0.2, -0.15) is 0 Å². The molecule has 0 amide bonds. The zero-order chi connectivity index (χ0) is 16.7. The standard InChI is InChI=1S/C15H14N4O4/c20-18(21)14-6-2-12(3-7-14)16-10-1-11-17-13-4-8-15(9-5-13)19(22)23/h1-11,16,20-21H/q-2. The minimum Gasteiger partial charge on any atom is -0.769 e. The van der Waals surface area contributed by atoms with Crippen molar-refractivity contribution in [3.05, 3.63) is 71.2 Å². The second-order valence-electron chi connectivity index (χ2n) is 4.39. The summed E-state index contributed by atoms with van der Waals surface area (Å²) >= 11 is 0. The van der Waals surface area contributed by atoms with Crippen LogP contribution in [0.1, 0.15) is 0 Å². The van der Waals surface area contributed by atoms with E-state index in [4.69, 9.17) is 10.4 Å².